The molecule has 1 fully saturated rings. The zero-order valence-corrected chi connectivity index (χ0v) is 10.9. The van der Waals surface area contributed by atoms with E-state index >= 15 is 0 Å². The monoisotopic (exact) mass is 246 g/mol. The highest BCUT2D eigenvalue weighted by Crippen LogP contribution is 2.01. The van der Waals surface area contributed by atoms with Crippen LogP contribution in [-0.2, 0) is 9.47 Å². The van der Waals surface area contributed by atoms with Crippen LogP contribution in [0.15, 0.2) is 0 Å². The van der Waals surface area contributed by atoms with E-state index in [-0.39, 0.29) is 6.61 Å². The van der Waals surface area contributed by atoms with Crippen LogP contribution in [0.4, 0.5) is 0 Å². The molecule has 0 aromatic heterocycles. The lowest BCUT2D eigenvalue weighted by molar-refractivity contribution is 0.0596. The second-order valence-corrected chi connectivity index (χ2v) is 4.37. The molecule has 0 aromatic rings. The number of aliphatic hydroxyl groups excluding tert-OH is 1. The van der Waals surface area contributed by atoms with Crippen molar-refractivity contribution in [2.75, 3.05) is 72.8 Å². The highest BCUT2D eigenvalue weighted by molar-refractivity contribution is 4.71. The van der Waals surface area contributed by atoms with Crippen LogP contribution in [0.3, 0.4) is 0 Å². The molecule has 0 radical (unpaired) electrons. The number of methoxy groups -OCH3 is 1. The summed E-state index contributed by atoms with van der Waals surface area (Å²) >= 11 is 0. The first kappa shape index (κ1) is 14.9. The highest BCUT2D eigenvalue weighted by Gasteiger charge is 2.15. The van der Waals surface area contributed by atoms with E-state index in [0.717, 1.165) is 52.3 Å². The van der Waals surface area contributed by atoms with Crippen molar-refractivity contribution in [2.45, 2.75) is 6.42 Å². The third kappa shape index (κ3) is 6.95. The maximum atomic E-state index is 8.85. The zero-order chi connectivity index (χ0) is 12.3. The topological polar surface area (TPSA) is 45.2 Å². The SMILES string of the molecule is COCCOCCCN1CCN(CCO)CC1. The average Bonchev–Trinajstić information content (AvgIpc) is 2.36. The van der Waals surface area contributed by atoms with Crippen molar-refractivity contribution in [1.82, 2.24) is 9.80 Å². The van der Waals surface area contributed by atoms with Crippen molar-refractivity contribution in [1.29, 1.82) is 0 Å². The van der Waals surface area contributed by atoms with Gasteiger partial charge in [0.05, 0.1) is 19.8 Å². The summed E-state index contributed by atoms with van der Waals surface area (Å²) in [7, 11) is 1.69. The summed E-state index contributed by atoms with van der Waals surface area (Å²) in [6.45, 7) is 8.76. The Morgan fingerprint density at radius 2 is 1.59 bits per heavy atom. The summed E-state index contributed by atoms with van der Waals surface area (Å²) in [5.74, 6) is 0. The van der Waals surface area contributed by atoms with E-state index in [1.165, 1.54) is 0 Å². The van der Waals surface area contributed by atoms with Crippen molar-refractivity contribution in [2.24, 2.45) is 0 Å². The fraction of sp³-hybridized carbons (Fsp3) is 1.00. The average molecular weight is 246 g/mol. The number of β-amino-alcohol motifs (C(OH)–C–C–N with tert-alkyl or cyclic N) is 1. The van der Waals surface area contributed by atoms with E-state index in [1.807, 2.05) is 0 Å². The number of hydrogen-bond acceptors (Lipinski definition) is 5. The summed E-state index contributed by atoms with van der Waals surface area (Å²) in [5.41, 5.74) is 0. The van der Waals surface area contributed by atoms with Gasteiger partial charge in [0.15, 0.2) is 0 Å². The van der Waals surface area contributed by atoms with Gasteiger partial charge in [0.1, 0.15) is 0 Å². The van der Waals surface area contributed by atoms with Crippen molar-refractivity contribution in [3.63, 3.8) is 0 Å². The van der Waals surface area contributed by atoms with Crippen LogP contribution in [0.25, 0.3) is 0 Å². The molecule has 1 N–H and O–H groups in total. The molecular formula is C12H26N2O3. The van der Waals surface area contributed by atoms with Crippen LogP contribution in [0.1, 0.15) is 6.42 Å². The number of ether oxygens (including phenoxy) is 2. The van der Waals surface area contributed by atoms with Crippen molar-refractivity contribution >= 4 is 0 Å². The van der Waals surface area contributed by atoms with Gasteiger partial charge in [0.25, 0.3) is 0 Å². The molecule has 1 heterocycles. The summed E-state index contributed by atoms with van der Waals surface area (Å²) < 4.78 is 10.3. The highest BCUT2D eigenvalue weighted by atomic mass is 16.5. The Bertz CT molecular complexity index is 173. The molecule has 0 atom stereocenters. The van der Waals surface area contributed by atoms with Crippen LogP contribution in [0.5, 0.6) is 0 Å². The molecule has 1 saturated heterocycles. The lowest BCUT2D eigenvalue weighted by Gasteiger charge is -2.34. The summed E-state index contributed by atoms with van der Waals surface area (Å²) in [6, 6.07) is 0. The molecule has 5 nitrogen and oxygen atoms in total. The second kappa shape index (κ2) is 9.79. The Kier molecular flexibility index (Phi) is 8.56. The van der Waals surface area contributed by atoms with Crippen LogP contribution in [0, 0.1) is 0 Å². The molecule has 0 bridgehead atoms. The van der Waals surface area contributed by atoms with Crippen molar-refractivity contribution < 1.29 is 14.6 Å². The minimum atomic E-state index is 0.271. The van der Waals surface area contributed by atoms with Gasteiger partial charge in [-0.05, 0) is 6.42 Å². The Labute approximate surface area is 104 Å². The number of nitrogens with zero attached hydrogens (tertiary/aromatic N) is 2. The third-order valence-corrected chi connectivity index (χ3v) is 3.08. The normalized spacial score (nSPS) is 18.7. The van der Waals surface area contributed by atoms with E-state index in [9.17, 15) is 0 Å². The van der Waals surface area contributed by atoms with E-state index in [0.29, 0.717) is 13.2 Å². The summed E-state index contributed by atoms with van der Waals surface area (Å²) in [6.07, 6.45) is 1.09. The molecule has 17 heavy (non-hydrogen) atoms. The largest absolute Gasteiger partial charge is 0.395 e. The maximum Gasteiger partial charge on any atom is 0.0700 e. The van der Waals surface area contributed by atoms with Gasteiger partial charge >= 0.3 is 0 Å². The third-order valence-electron chi connectivity index (χ3n) is 3.08. The quantitative estimate of drug-likeness (QED) is 0.563. The molecular weight excluding hydrogens is 220 g/mol. The number of rotatable bonds is 9. The predicted octanol–water partition coefficient (Wildman–Crippen LogP) is -0.351. The van der Waals surface area contributed by atoms with Crippen molar-refractivity contribution in [3.8, 4) is 0 Å². The van der Waals surface area contributed by atoms with Crippen LogP contribution in [0.2, 0.25) is 0 Å². The molecule has 0 saturated carbocycles. The lowest BCUT2D eigenvalue weighted by atomic mass is 10.3. The lowest BCUT2D eigenvalue weighted by Crippen LogP contribution is -2.47. The molecule has 0 amide bonds. The van der Waals surface area contributed by atoms with Gasteiger partial charge in [-0.2, -0.15) is 0 Å². The zero-order valence-electron chi connectivity index (χ0n) is 10.9. The molecule has 102 valence electrons. The van der Waals surface area contributed by atoms with Crippen LogP contribution in [-0.4, -0.2) is 87.7 Å². The van der Waals surface area contributed by atoms with Gasteiger partial charge in [-0.15, -0.1) is 0 Å². The first-order valence-electron chi connectivity index (χ1n) is 6.49. The van der Waals surface area contributed by atoms with Crippen LogP contribution >= 0.6 is 0 Å². The predicted molar refractivity (Wildman–Crippen MR) is 67.3 cm³/mol. The number of piperazine rings is 1. The smallest absolute Gasteiger partial charge is 0.0700 e. The first-order valence-corrected chi connectivity index (χ1v) is 6.49. The van der Waals surface area contributed by atoms with Gasteiger partial charge in [-0.3, -0.25) is 4.90 Å². The fourth-order valence-corrected chi connectivity index (χ4v) is 2.01. The van der Waals surface area contributed by atoms with Gasteiger partial charge < -0.3 is 19.5 Å². The Balaban J connectivity index is 1.91. The van der Waals surface area contributed by atoms with Crippen LogP contribution < -0.4 is 0 Å². The standard InChI is InChI=1S/C12H26N2O3/c1-16-11-12-17-10-2-3-13-4-6-14(7-5-13)8-9-15/h15H,2-12H2,1H3. The minimum Gasteiger partial charge on any atom is -0.395 e. The van der Waals surface area contributed by atoms with Gasteiger partial charge in [0, 0.05) is 53.0 Å². The van der Waals surface area contributed by atoms with Gasteiger partial charge in [-0.25, -0.2) is 0 Å². The molecule has 1 rings (SSSR count). The van der Waals surface area contributed by atoms with Crippen molar-refractivity contribution in [3.05, 3.63) is 0 Å². The van der Waals surface area contributed by atoms with E-state index in [1.54, 1.807) is 7.11 Å². The Hall–Kier alpha value is -0.200. The number of aliphatic hydroxyl groups is 1. The molecule has 0 aromatic carbocycles. The van der Waals surface area contributed by atoms with Gasteiger partial charge in [0.2, 0.25) is 0 Å². The second-order valence-electron chi connectivity index (χ2n) is 4.37. The first-order chi connectivity index (χ1) is 8.36. The van der Waals surface area contributed by atoms with E-state index < -0.39 is 0 Å². The molecule has 0 spiro atoms. The molecule has 0 aliphatic carbocycles. The summed E-state index contributed by atoms with van der Waals surface area (Å²) in [4.78, 5) is 4.78. The van der Waals surface area contributed by atoms with E-state index in [2.05, 4.69) is 9.80 Å². The maximum absolute atomic E-state index is 8.85. The molecule has 0 unspecified atom stereocenters. The minimum absolute atomic E-state index is 0.271. The molecule has 1 aliphatic heterocycles. The number of hydrogen-bond donors (Lipinski definition) is 1. The molecule has 5 heteroatoms. The summed E-state index contributed by atoms with van der Waals surface area (Å²) in [5, 5.41) is 8.85. The Morgan fingerprint density at radius 3 is 2.18 bits per heavy atom. The Morgan fingerprint density at radius 1 is 0.941 bits per heavy atom. The fourth-order valence-electron chi connectivity index (χ4n) is 2.01. The van der Waals surface area contributed by atoms with Gasteiger partial charge in [-0.1, -0.05) is 0 Å². The van der Waals surface area contributed by atoms with E-state index in [4.69, 9.17) is 14.6 Å². The molecule has 1 aliphatic rings.